The Kier molecular flexibility index (Phi) is 7.23. The Morgan fingerprint density at radius 2 is 1.85 bits per heavy atom. The van der Waals surface area contributed by atoms with Crippen molar-refractivity contribution in [2.24, 2.45) is 5.73 Å². The van der Waals surface area contributed by atoms with E-state index in [-0.39, 0.29) is 6.10 Å². The summed E-state index contributed by atoms with van der Waals surface area (Å²) in [5.74, 6) is 0. The van der Waals surface area contributed by atoms with E-state index in [0.717, 1.165) is 13.0 Å². The van der Waals surface area contributed by atoms with Crippen LogP contribution in [-0.2, 0) is 0 Å². The molecule has 0 fully saturated rings. The van der Waals surface area contributed by atoms with Gasteiger partial charge in [0.1, 0.15) is 0 Å². The minimum Gasteiger partial charge on any atom is -0.392 e. The quantitative estimate of drug-likeness (QED) is 0.622. The monoisotopic (exact) mass is 188 g/mol. The highest BCUT2D eigenvalue weighted by Crippen LogP contribution is 2.06. The maximum absolute atomic E-state index is 9.28. The standard InChI is InChI=1S/C10H24N2O/c1-4-9(5-2)12(3)7-6-10(13)8-11/h9-10,13H,4-8,11H2,1-3H3. The number of nitrogens with zero attached hydrogens (tertiary/aromatic N) is 1. The normalized spacial score (nSPS) is 14.1. The highest BCUT2D eigenvalue weighted by Gasteiger charge is 2.11. The van der Waals surface area contributed by atoms with Crippen LogP contribution in [0.4, 0.5) is 0 Å². The van der Waals surface area contributed by atoms with Crippen molar-refractivity contribution >= 4 is 0 Å². The summed E-state index contributed by atoms with van der Waals surface area (Å²) in [6.45, 7) is 5.70. The van der Waals surface area contributed by atoms with Crippen LogP contribution < -0.4 is 5.73 Å². The molecule has 0 saturated heterocycles. The van der Waals surface area contributed by atoms with E-state index in [1.54, 1.807) is 0 Å². The van der Waals surface area contributed by atoms with Crippen LogP contribution in [0.15, 0.2) is 0 Å². The highest BCUT2D eigenvalue weighted by molar-refractivity contribution is 4.67. The zero-order valence-electron chi connectivity index (χ0n) is 9.16. The molecule has 13 heavy (non-hydrogen) atoms. The Morgan fingerprint density at radius 3 is 2.23 bits per heavy atom. The van der Waals surface area contributed by atoms with Crippen molar-refractivity contribution in [3.63, 3.8) is 0 Å². The van der Waals surface area contributed by atoms with E-state index < -0.39 is 0 Å². The molecule has 3 nitrogen and oxygen atoms in total. The molecule has 0 spiro atoms. The lowest BCUT2D eigenvalue weighted by molar-refractivity contribution is 0.138. The molecule has 1 atom stereocenters. The summed E-state index contributed by atoms with van der Waals surface area (Å²) in [6.07, 6.45) is 2.79. The molecule has 80 valence electrons. The van der Waals surface area contributed by atoms with E-state index in [9.17, 15) is 5.11 Å². The van der Waals surface area contributed by atoms with Gasteiger partial charge in [-0.2, -0.15) is 0 Å². The molecule has 0 aromatic carbocycles. The van der Waals surface area contributed by atoms with Crippen molar-refractivity contribution < 1.29 is 5.11 Å². The van der Waals surface area contributed by atoms with Gasteiger partial charge in [-0.3, -0.25) is 0 Å². The van der Waals surface area contributed by atoms with Crippen LogP contribution in [0.25, 0.3) is 0 Å². The van der Waals surface area contributed by atoms with E-state index in [1.165, 1.54) is 12.8 Å². The van der Waals surface area contributed by atoms with Gasteiger partial charge in [0, 0.05) is 19.1 Å². The van der Waals surface area contributed by atoms with Crippen molar-refractivity contribution in [1.82, 2.24) is 4.90 Å². The van der Waals surface area contributed by atoms with Gasteiger partial charge in [0.15, 0.2) is 0 Å². The Labute approximate surface area is 81.9 Å². The van der Waals surface area contributed by atoms with Gasteiger partial charge >= 0.3 is 0 Å². The molecule has 0 radical (unpaired) electrons. The lowest BCUT2D eigenvalue weighted by Crippen LogP contribution is -2.34. The molecule has 0 aliphatic carbocycles. The number of nitrogens with two attached hydrogens (primary N) is 1. The first-order valence-electron chi connectivity index (χ1n) is 5.24. The van der Waals surface area contributed by atoms with Gasteiger partial charge in [-0.25, -0.2) is 0 Å². The largest absolute Gasteiger partial charge is 0.392 e. The maximum atomic E-state index is 9.28. The number of aliphatic hydroxyl groups excluding tert-OH is 1. The smallest absolute Gasteiger partial charge is 0.0674 e. The van der Waals surface area contributed by atoms with Crippen LogP contribution in [-0.4, -0.2) is 42.3 Å². The minimum atomic E-state index is -0.336. The molecule has 3 N–H and O–H groups in total. The number of rotatable bonds is 7. The molecule has 0 rings (SSSR count). The van der Waals surface area contributed by atoms with Crippen molar-refractivity contribution in [2.45, 2.75) is 45.3 Å². The van der Waals surface area contributed by atoms with Gasteiger partial charge in [0.05, 0.1) is 6.10 Å². The highest BCUT2D eigenvalue weighted by atomic mass is 16.3. The number of hydrogen-bond donors (Lipinski definition) is 2. The summed E-state index contributed by atoms with van der Waals surface area (Å²) in [5, 5.41) is 9.28. The van der Waals surface area contributed by atoms with Crippen LogP contribution in [0, 0.1) is 0 Å². The fraction of sp³-hybridized carbons (Fsp3) is 1.00. The van der Waals surface area contributed by atoms with Gasteiger partial charge in [-0.1, -0.05) is 13.8 Å². The van der Waals surface area contributed by atoms with Gasteiger partial charge < -0.3 is 15.7 Å². The summed E-state index contributed by atoms with van der Waals surface area (Å²) >= 11 is 0. The maximum Gasteiger partial charge on any atom is 0.0674 e. The van der Waals surface area contributed by atoms with Gasteiger partial charge in [-0.05, 0) is 26.3 Å². The number of hydrogen-bond acceptors (Lipinski definition) is 3. The molecule has 1 unspecified atom stereocenters. The van der Waals surface area contributed by atoms with Gasteiger partial charge in [0.25, 0.3) is 0 Å². The lowest BCUT2D eigenvalue weighted by atomic mass is 10.1. The molecule has 0 heterocycles. The van der Waals surface area contributed by atoms with Crippen molar-refractivity contribution in [3.05, 3.63) is 0 Å². The summed E-state index contributed by atoms with van der Waals surface area (Å²) in [4.78, 5) is 2.30. The predicted octanol–water partition coefficient (Wildman–Crippen LogP) is 0.817. The molecule has 0 saturated carbocycles. The fourth-order valence-electron chi connectivity index (χ4n) is 1.57. The first-order chi connectivity index (χ1) is 6.15. The van der Waals surface area contributed by atoms with Gasteiger partial charge in [-0.15, -0.1) is 0 Å². The third kappa shape index (κ3) is 5.24. The Hall–Kier alpha value is -0.120. The van der Waals surface area contributed by atoms with E-state index in [2.05, 4.69) is 25.8 Å². The second-order valence-corrected chi connectivity index (χ2v) is 3.63. The lowest BCUT2D eigenvalue weighted by Gasteiger charge is -2.26. The van der Waals surface area contributed by atoms with Crippen LogP contribution in [0.5, 0.6) is 0 Å². The Balaban J connectivity index is 3.65. The zero-order chi connectivity index (χ0) is 10.3. The predicted molar refractivity (Wildman–Crippen MR) is 56.7 cm³/mol. The molecule has 3 heteroatoms. The van der Waals surface area contributed by atoms with Crippen molar-refractivity contribution in [3.8, 4) is 0 Å². The first-order valence-corrected chi connectivity index (χ1v) is 5.24. The van der Waals surface area contributed by atoms with E-state index >= 15 is 0 Å². The molecule has 0 bridgehead atoms. The summed E-state index contributed by atoms with van der Waals surface area (Å²) in [5.41, 5.74) is 5.33. The SMILES string of the molecule is CCC(CC)N(C)CCC(O)CN. The molecule has 0 aromatic rings. The molecular formula is C10H24N2O. The molecule has 0 aromatic heterocycles. The minimum absolute atomic E-state index is 0.336. The van der Waals surface area contributed by atoms with Crippen molar-refractivity contribution in [2.75, 3.05) is 20.1 Å². The fourth-order valence-corrected chi connectivity index (χ4v) is 1.57. The van der Waals surface area contributed by atoms with Crippen LogP contribution >= 0.6 is 0 Å². The van der Waals surface area contributed by atoms with E-state index in [0.29, 0.717) is 12.6 Å². The van der Waals surface area contributed by atoms with Gasteiger partial charge in [0.2, 0.25) is 0 Å². The number of aliphatic hydroxyl groups is 1. The van der Waals surface area contributed by atoms with E-state index in [4.69, 9.17) is 5.73 Å². The second-order valence-electron chi connectivity index (χ2n) is 3.63. The van der Waals surface area contributed by atoms with Crippen LogP contribution in [0.1, 0.15) is 33.1 Å². The van der Waals surface area contributed by atoms with E-state index in [1.807, 2.05) is 0 Å². The Morgan fingerprint density at radius 1 is 1.31 bits per heavy atom. The third-order valence-corrected chi connectivity index (χ3v) is 2.65. The molecule has 0 aliphatic heterocycles. The third-order valence-electron chi connectivity index (χ3n) is 2.65. The van der Waals surface area contributed by atoms with Crippen LogP contribution in [0.3, 0.4) is 0 Å². The average molecular weight is 188 g/mol. The Bertz CT molecular complexity index is 115. The zero-order valence-corrected chi connectivity index (χ0v) is 9.16. The molecule has 0 amide bonds. The van der Waals surface area contributed by atoms with Crippen molar-refractivity contribution in [1.29, 1.82) is 0 Å². The second kappa shape index (κ2) is 7.30. The average Bonchev–Trinajstić information content (AvgIpc) is 2.16. The topological polar surface area (TPSA) is 49.5 Å². The van der Waals surface area contributed by atoms with Crippen LogP contribution in [0.2, 0.25) is 0 Å². The first kappa shape index (κ1) is 12.9. The molecular weight excluding hydrogens is 164 g/mol. The molecule has 0 aliphatic rings. The summed E-state index contributed by atoms with van der Waals surface area (Å²) in [6, 6.07) is 0.643. The summed E-state index contributed by atoms with van der Waals surface area (Å²) in [7, 11) is 2.11. The summed E-state index contributed by atoms with van der Waals surface area (Å²) < 4.78 is 0.